The number of allylic oxidation sites excluding steroid dienone is 1. The Bertz CT molecular complexity index is 1200. The highest BCUT2D eigenvalue weighted by Crippen LogP contribution is 2.49. The summed E-state index contributed by atoms with van der Waals surface area (Å²) in [4.78, 5) is 13.8. The van der Waals surface area contributed by atoms with Crippen LogP contribution < -0.4 is 30.2 Å². The number of pyridine rings is 1. The second-order valence-electron chi connectivity index (χ2n) is 7.96. The van der Waals surface area contributed by atoms with Gasteiger partial charge in [-0.2, -0.15) is 5.26 Å². The van der Waals surface area contributed by atoms with Crippen molar-refractivity contribution >= 4 is 0 Å². The molecular weight excluding hydrogens is 426 g/mol. The van der Waals surface area contributed by atoms with Crippen LogP contribution in [0.4, 0.5) is 0 Å². The topological polar surface area (TPSA) is 118 Å². The minimum atomic E-state index is -0.808. The Kier molecular flexibility index (Phi) is 6.20. The van der Waals surface area contributed by atoms with E-state index < -0.39 is 5.92 Å². The van der Waals surface area contributed by atoms with E-state index >= 15 is 0 Å². The summed E-state index contributed by atoms with van der Waals surface area (Å²) in [5.74, 6) is 0.619. The fourth-order valence-electron chi connectivity index (χ4n) is 4.57. The maximum atomic E-state index is 13.8. The molecule has 2 atom stereocenters. The van der Waals surface area contributed by atoms with Crippen molar-refractivity contribution < 1.29 is 23.7 Å². The molecule has 1 aromatic heterocycles. The number of fused-ring (bicyclic) bond motifs is 1. The number of methoxy groups -OCH3 is 3. The van der Waals surface area contributed by atoms with E-state index in [1.807, 2.05) is 6.92 Å². The molecule has 2 N–H and O–H groups in total. The van der Waals surface area contributed by atoms with E-state index in [0.29, 0.717) is 47.3 Å². The average Bonchev–Trinajstić information content (AvgIpc) is 3.33. The zero-order chi connectivity index (χ0) is 23.7. The van der Waals surface area contributed by atoms with Gasteiger partial charge in [0.15, 0.2) is 11.5 Å². The number of hydrogen-bond acceptors (Lipinski definition) is 8. The standard InChI is InChI=1S/C24H27N3O6/c1-13-10-18-20(24(28)27(13)12-14-6-5-9-32-14)19(16(11-25)23(26)33-18)15-7-8-17(29-2)22(31-4)21(15)30-3/h7-8,10,14,19H,5-6,9,12,26H2,1-4H3/t14-,19+/m1/s1. The lowest BCUT2D eigenvalue weighted by Gasteiger charge is -2.29. The Morgan fingerprint density at radius 2 is 1.97 bits per heavy atom. The van der Waals surface area contributed by atoms with Crippen LogP contribution in [0.2, 0.25) is 0 Å². The van der Waals surface area contributed by atoms with Gasteiger partial charge in [-0.1, -0.05) is 6.07 Å². The van der Waals surface area contributed by atoms with Gasteiger partial charge in [-0.25, -0.2) is 0 Å². The summed E-state index contributed by atoms with van der Waals surface area (Å²) in [6.45, 7) is 2.95. The largest absolute Gasteiger partial charge is 0.493 e. The predicted molar refractivity (Wildman–Crippen MR) is 120 cm³/mol. The summed E-state index contributed by atoms with van der Waals surface area (Å²) in [6.07, 6.45) is 1.83. The normalized spacial score (nSPS) is 19.5. The molecule has 4 rings (SSSR count). The minimum absolute atomic E-state index is 0.0333. The van der Waals surface area contributed by atoms with Crippen molar-refractivity contribution in [2.45, 2.75) is 38.3 Å². The van der Waals surface area contributed by atoms with Crippen LogP contribution in [0.5, 0.6) is 23.0 Å². The predicted octanol–water partition coefficient (Wildman–Crippen LogP) is 2.58. The third-order valence-electron chi connectivity index (χ3n) is 6.15. The molecule has 0 aliphatic carbocycles. The fourth-order valence-corrected chi connectivity index (χ4v) is 4.57. The SMILES string of the molecule is COc1ccc([C@H]2C(C#N)=C(N)Oc3cc(C)n(C[C@H]4CCCO4)c(=O)c32)c(OC)c1OC. The van der Waals surface area contributed by atoms with E-state index in [1.54, 1.807) is 22.8 Å². The molecule has 1 saturated heterocycles. The molecule has 1 fully saturated rings. The maximum absolute atomic E-state index is 13.8. The van der Waals surface area contributed by atoms with Gasteiger partial charge in [-0.05, 0) is 25.8 Å². The van der Waals surface area contributed by atoms with E-state index in [0.717, 1.165) is 18.5 Å². The number of aryl methyl sites for hydroxylation is 1. The highest BCUT2D eigenvalue weighted by atomic mass is 16.5. The Balaban J connectivity index is 1.97. The first-order valence-corrected chi connectivity index (χ1v) is 10.7. The number of rotatable bonds is 6. The first kappa shape index (κ1) is 22.6. The van der Waals surface area contributed by atoms with Crippen molar-refractivity contribution in [3.05, 3.63) is 56.8 Å². The molecule has 3 heterocycles. The minimum Gasteiger partial charge on any atom is -0.493 e. The van der Waals surface area contributed by atoms with Gasteiger partial charge in [0, 0.05) is 23.9 Å². The first-order valence-electron chi connectivity index (χ1n) is 10.7. The molecule has 33 heavy (non-hydrogen) atoms. The Morgan fingerprint density at radius 3 is 2.58 bits per heavy atom. The second kappa shape index (κ2) is 9.08. The van der Waals surface area contributed by atoms with E-state index in [1.165, 1.54) is 21.3 Å². The molecule has 0 unspecified atom stereocenters. The number of nitriles is 1. The molecule has 2 aliphatic rings. The molecule has 0 spiro atoms. The summed E-state index contributed by atoms with van der Waals surface area (Å²) in [7, 11) is 4.51. The van der Waals surface area contributed by atoms with Crippen LogP contribution in [0.3, 0.4) is 0 Å². The molecular formula is C24H27N3O6. The second-order valence-corrected chi connectivity index (χ2v) is 7.96. The van der Waals surface area contributed by atoms with E-state index in [2.05, 4.69) is 6.07 Å². The summed E-state index contributed by atoms with van der Waals surface area (Å²) in [5.41, 5.74) is 7.57. The van der Waals surface area contributed by atoms with E-state index in [9.17, 15) is 10.1 Å². The smallest absolute Gasteiger partial charge is 0.258 e. The lowest BCUT2D eigenvalue weighted by molar-refractivity contribution is 0.0954. The molecule has 2 aromatic rings. The number of nitrogens with two attached hydrogens (primary N) is 1. The number of benzene rings is 1. The highest BCUT2D eigenvalue weighted by molar-refractivity contribution is 5.64. The maximum Gasteiger partial charge on any atom is 0.258 e. The fraction of sp³-hybridized carbons (Fsp3) is 0.417. The molecule has 9 nitrogen and oxygen atoms in total. The Morgan fingerprint density at radius 1 is 1.21 bits per heavy atom. The number of nitrogens with zero attached hydrogens (tertiary/aromatic N) is 2. The third-order valence-corrected chi connectivity index (χ3v) is 6.15. The first-order chi connectivity index (χ1) is 15.9. The molecule has 0 saturated carbocycles. The van der Waals surface area contributed by atoms with Gasteiger partial charge in [-0.3, -0.25) is 4.79 Å². The quantitative estimate of drug-likeness (QED) is 0.709. The van der Waals surface area contributed by atoms with Crippen molar-refractivity contribution in [1.29, 1.82) is 5.26 Å². The monoisotopic (exact) mass is 453 g/mol. The zero-order valence-corrected chi connectivity index (χ0v) is 19.1. The van der Waals surface area contributed by atoms with Gasteiger partial charge in [0.05, 0.1) is 45.5 Å². The molecule has 2 aliphatic heterocycles. The van der Waals surface area contributed by atoms with Crippen molar-refractivity contribution in [2.75, 3.05) is 27.9 Å². The molecule has 174 valence electrons. The zero-order valence-electron chi connectivity index (χ0n) is 19.1. The third kappa shape index (κ3) is 3.76. The van der Waals surface area contributed by atoms with Crippen LogP contribution in [0.1, 0.15) is 35.6 Å². The van der Waals surface area contributed by atoms with E-state index in [-0.39, 0.29) is 23.1 Å². The van der Waals surface area contributed by atoms with Gasteiger partial charge in [0.2, 0.25) is 11.6 Å². The highest BCUT2D eigenvalue weighted by Gasteiger charge is 2.37. The molecule has 0 radical (unpaired) electrons. The van der Waals surface area contributed by atoms with Crippen LogP contribution in [-0.2, 0) is 11.3 Å². The Labute approximate surface area is 191 Å². The van der Waals surface area contributed by atoms with Crippen molar-refractivity contribution in [1.82, 2.24) is 4.57 Å². The van der Waals surface area contributed by atoms with Gasteiger partial charge >= 0.3 is 0 Å². The lowest BCUT2D eigenvalue weighted by atomic mass is 9.83. The van der Waals surface area contributed by atoms with Gasteiger partial charge in [-0.15, -0.1) is 0 Å². The summed E-state index contributed by atoms with van der Waals surface area (Å²) in [6, 6.07) is 7.34. The van der Waals surface area contributed by atoms with E-state index in [4.69, 9.17) is 29.4 Å². The van der Waals surface area contributed by atoms with Crippen LogP contribution in [0, 0.1) is 18.3 Å². The van der Waals surface area contributed by atoms with Crippen LogP contribution in [-0.4, -0.2) is 38.6 Å². The molecule has 0 amide bonds. The number of aromatic nitrogens is 1. The molecule has 1 aromatic carbocycles. The lowest BCUT2D eigenvalue weighted by Crippen LogP contribution is -2.35. The summed E-state index contributed by atoms with van der Waals surface area (Å²) >= 11 is 0. The van der Waals surface area contributed by atoms with Crippen molar-refractivity contribution in [3.8, 4) is 29.1 Å². The molecule has 9 heteroatoms. The van der Waals surface area contributed by atoms with Gasteiger partial charge < -0.3 is 34.0 Å². The Hall–Kier alpha value is -3.64. The van der Waals surface area contributed by atoms with Crippen LogP contribution in [0.25, 0.3) is 0 Å². The van der Waals surface area contributed by atoms with Gasteiger partial charge in [0.25, 0.3) is 5.56 Å². The van der Waals surface area contributed by atoms with Gasteiger partial charge in [0.1, 0.15) is 17.4 Å². The van der Waals surface area contributed by atoms with Crippen molar-refractivity contribution in [2.24, 2.45) is 5.73 Å². The summed E-state index contributed by atoms with van der Waals surface area (Å²) in [5, 5.41) is 9.96. The van der Waals surface area contributed by atoms with Crippen LogP contribution in [0.15, 0.2) is 34.4 Å². The van der Waals surface area contributed by atoms with Crippen LogP contribution >= 0.6 is 0 Å². The number of hydrogen-bond donors (Lipinski definition) is 1. The number of ether oxygens (including phenoxy) is 5. The summed E-state index contributed by atoms with van der Waals surface area (Å²) < 4.78 is 29.7. The average molecular weight is 453 g/mol. The molecule has 0 bridgehead atoms. The van der Waals surface area contributed by atoms with Crippen molar-refractivity contribution in [3.63, 3.8) is 0 Å².